The minimum Gasteiger partial charge on any atom is -0.489 e. The van der Waals surface area contributed by atoms with E-state index in [1.807, 2.05) is 19.1 Å². The molecule has 1 aromatic heterocycles. The second-order valence-electron chi connectivity index (χ2n) is 5.24. The second-order valence-corrected chi connectivity index (χ2v) is 5.24. The molecule has 1 fully saturated rings. The number of rotatable bonds is 6. The van der Waals surface area contributed by atoms with E-state index in [0.29, 0.717) is 6.61 Å². The smallest absolute Gasteiger partial charge is 0.142 e. The molecule has 0 aliphatic carbocycles. The molecule has 112 valence electrons. The van der Waals surface area contributed by atoms with Gasteiger partial charge in [-0.3, -0.25) is 4.98 Å². The molecule has 20 heavy (non-hydrogen) atoms. The summed E-state index contributed by atoms with van der Waals surface area (Å²) in [5.41, 5.74) is 1.98. The van der Waals surface area contributed by atoms with Crippen molar-refractivity contribution in [2.45, 2.75) is 26.5 Å². The summed E-state index contributed by atoms with van der Waals surface area (Å²) in [6, 6.07) is 3.99. The fourth-order valence-electron chi connectivity index (χ4n) is 2.25. The van der Waals surface area contributed by atoms with Crippen LogP contribution in [-0.4, -0.2) is 55.9 Å². The van der Waals surface area contributed by atoms with Crippen LogP contribution in [0.4, 0.5) is 0 Å². The third-order valence-electron chi connectivity index (χ3n) is 3.38. The highest BCUT2D eigenvalue weighted by Gasteiger charge is 2.18. The first-order valence-electron chi connectivity index (χ1n) is 7.29. The Morgan fingerprint density at radius 3 is 3.10 bits per heavy atom. The van der Waals surface area contributed by atoms with Gasteiger partial charge < -0.3 is 19.7 Å². The van der Waals surface area contributed by atoms with E-state index in [4.69, 9.17) is 9.47 Å². The molecule has 1 atom stereocenters. The number of hydrogen-bond donors (Lipinski definition) is 1. The predicted molar refractivity (Wildman–Crippen MR) is 79.1 cm³/mol. The summed E-state index contributed by atoms with van der Waals surface area (Å²) >= 11 is 0. The Hall–Kier alpha value is -1.17. The zero-order valence-corrected chi connectivity index (χ0v) is 12.7. The lowest BCUT2D eigenvalue weighted by Gasteiger charge is -2.30. The molecule has 0 amide bonds. The van der Waals surface area contributed by atoms with Crippen LogP contribution in [0.5, 0.6) is 5.75 Å². The van der Waals surface area contributed by atoms with Crippen LogP contribution in [-0.2, 0) is 11.3 Å². The van der Waals surface area contributed by atoms with Crippen LogP contribution in [0.15, 0.2) is 12.1 Å². The molecule has 0 spiro atoms. The summed E-state index contributed by atoms with van der Waals surface area (Å²) in [6.45, 7) is 9.01. The number of aryl methyl sites for hydroxylation is 1. The SMILES string of the molecule is CCNCc1nc(C)ccc1OCC1CN(C)CCO1. The molecule has 0 bridgehead atoms. The van der Waals surface area contributed by atoms with Crippen molar-refractivity contribution >= 4 is 0 Å². The Kier molecular flexibility index (Phi) is 5.76. The second kappa shape index (κ2) is 7.57. The van der Waals surface area contributed by atoms with E-state index in [1.54, 1.807) is 0 Å². The molecule has 5 nitrogen and oxygen atoms in total. The van der Waals surface area contributed by atoms with Crippen LogP contribution >= 0.6 is 0 Å². The molecule has 1 aliphatic heterocycles. The first-order chi connectivity index (χ1) is 9.69. The van der Waals surface area contributed by atoms with Gasteiger partial charge in [0.2, 0.25) is 0 Å². The zero-order chi connectivity index (χ0) is 14.4. The number of nitrogens with one attached hydrogen (secondary N) is 1. The topological polar surface area (TPSA) is 46.6 Å². The van der Waals surface area contributed by atoms with Gasteiger partial charge in [-0.1, -0.05) is 6.92 Å². The Morgan fingerprint density at radius 2 is 2.35 bits per heavy atom. The molecule has 1 N–H and O–H groups in total. The Bertz CT molecular complexity index is 426. The highest BCUT2D eigenvalue weighted by Crippen LogP contribution is 2.18. The number of nitrogens with zero attached hydrogens (tertiary/aromatic N) is 2. The maximum atomic E-state index is 5.92. The maximum Gasteiger partial charge on any atom is 0.142 e. The number of ether oxygens (including phenoxy) is 2. The summed E-state index contributed by atoms with van der Waals surface area (Å²) in [5.74, 6) is 0.855. The third-order valence-corrected chi connectivity index (χ3v) is 3.38. The van der Waals surface area contributed by atoms with Crippen LogP contribution in [0.3, 0.4) is 0 Å². The minimum absolute atomic E-state index is 0.141. The van der Waals surface area contributed by atoms with Gasteiger partial charge in [-0.15, -0.1) is 0 Å². The standard InChI is InChI=1S/C15H25N3O2/c1-4-16-9-14-15(6-5-12(2)17-14)20-11-13-10-18(3)7-8-19-13/h5-6,13,16H,4,7-11H2,1-3H3. The van der Waals surface area contributed by atoms with Crippen LogP contribution in [0.25, 0.3) is 0 Å². The fraction of sp³-hybridized carbons (Fsp3) is 0.667. The van der Waals surface area contributed by atoms with Crippen molar-refractivity contribution in [1.82, 2.24) is 15.2 Å². The predicted octanol–water partition coefficient (Wildman–Crippen LogP) is 1.21. The highest BCUT2D eigenvalue weighted by atomic mass is 16.5. The van der Waals surface area contributed by atoms with E-state index in [-0.39, 0.29) is 6.10 Å². The van der Waals surface area contributed by atoms with E-state index in [1.165, 1.54) is 0 Å². The van der Waals surface area contributed by atoms with Crippen LogP contribution in [0.1, 0.15) is 18.3 Å². The molecule has 2 heterocycles. The van der Waals surface area contributed by atoms with Crippen molar-refractivity contribution in [3.05, 3.63) is 23.5 Å². The van der Waals surface area contributed by atoms with E-state index >= 15 is 0 Å². The van der Waals surface area contributed by atoms with Crippen molar-refractivity contribution in [3.63, 3.8) is 0 Å². The lowest BCUT2D eigenvalue weighted by molar-refractivity contribution is -0.0405. The monoisotopic (exact) mass is 279 g/mol. The molecule has 1 unspecified atom stereocenters. The number of aromatic nitrogens is 1. The molecule has 1 aliphatic rings. The molecule has 0 aromatic carbocycles. The Labute approximate surface area is 121 Å². The number of hydrogen-bond acceptors (Lipinski definition) is 5. The van der Waals surface area contributed by atoms with Crippen molar-refractivity contribution in [2.24, 2.45) is 0 Å². The molecule has 2 rings (SSSR count). The summed E-state index contributed by atoms with van der Waals surface area (Å²) < 4.78 is 11.6. The van der Waals surface area contributed by atoms with Gasteiger partial charge in [-0.05, 0) is 32.6 Å². The lowest BCUT2D eigenvalue weighted by Crippen LogP contribution is -2.42. The molecule has 1 aromatic rings. The number of pyridine rings is 1. The van der Waals surface area contributed by atoms with E-state index in [2.05, 4.69) is 29.2 Å². The molecular formula is C15H25N3O2. The summed E-state index contributed by atoms with van der Waals surface area (Å²) in [5, 5.41) is 3.30. The largest absolute Gasteiger partial charge is 0.489 e. The van der Waals surface area contributed by atoms with E-state index in [0.717, 1.165) is 49.9 Å². The van der Waals surface area contributed by atoms with Gasteiger partial charge in [0.05, 0.1) is 12.3 Å². The maximum absolute atomic E-state index is 5.92. The minimum atomic E-state index is 0.141. The van der Waals surface area contributed by atoms with Crippen LogP contribution < -0.4 is 10.1 Å². The lowest BCUT2D eigenvalue weighted by atomic mass is 10.2. The fourth-order valence-corrected chi connectivity index (χ4v) is 2.25. The molecule has 0 radical (unpaired) electrons. The first kappa shape index (κ1) is 15.2. The summed E-state index contributed by atoms with van der Waals surface area (Å²) in [7, 11) is 2.11. The van der Waals surface area contributed by atoms with Gasteiger partial charge in [0.15, 0.2) is 0 Å². The summed E-state index contributed by atoms with van der Waals surface area (Å²) in [6.07, 6.45) is 0.141. The number of likely N-dealkylation sites (N-methyl/N-ethyl adjacent to an activating group) is 1. The van der Waals surface area contributed by atoms with Gasteiger partial charge in [-0.25, -0.2) is 0 Å². The molecule has 0 saturated carbocycles. The van der Waals surface area contributed by atoms with Gasteiger partial charge in [0.1, 0.15) is 18.5 Å². The average Bonchev–Trinajstić information content (AvgIpc) is 2.44. The van der Waals surface area contributed by atoms with Crippen molar-refractivity contribution in [1.29, 1.82) is 0 Å². The first-order valence-corrected chi connectivity index (χ1v) is 7.29. The summed E-state index contributed by atoms with van der Waals surface area (Å²) in [4.78, 5) is 6.82. The van der Waals surface area contributed by atoms with Crippen molar-refractivity contribution in [3.8, 4) is 5.75 Å². The number of morpholine rings is 1. The van der Waals surface area contributed by atoms with Gasteiger partial charge in [-0.2, -0.15) is 0 Å². The quantitative estimate of drug-likeness (QED) is 0.848. The molecule has 5 heteroatoms. The van der Waals surface area contributed by atoms with Gasteiger partial charge in [0.25, 0.3) is 0 Å². The van der Waals surface area contributed by atoms with Crippen LogP contribution in [0, 0.1) is 6.92 Å². The highest BCUT2D eigenvalue weighted by molar-refractivity contribution is 5.29. The van der Waals surface area contributed by atoms with Gasteiger partial charge in [0, 0.05) is 25.3 Å². The average molecular weight is 279 g/mol. The zero-order valence-electron chi connectivity index (χ0n) is 12.7. The van der Waals surface area contributed by atoms with Crippen LogP contribution in [0.2, 0.25) is 0 Å². The normalized spacial score (nSPS) is 20.1. The Morgan fingerprint density at radius 1 is 1.50 bits per heavy atom. The van der Waals surface area contributed by atoms with E-state index in [9.17, 15) is 0 Å². The molecule has 1 saturated heterocycles. The van der Waals surface area contributed by atoms with Crippen molar-refractivity contribution < 1.29 is 9.47 Å². The molecular weight excluding hydrogens is 254 g/mol. The Balaban J connectivity index is 1.93. The van der Waals surface area contributed by atoms with Crippen molar-refractivity contribution in [2.75, 3.05) is 39.9 Å². The van der Waals surface area contributed by atoms with Gasteiger partial charge >= 0.3 is 0 Å². The van der Waals surface area contributed by atoms with E-state index < -0.39 is 0 Å². The third kappa shape index (κ3) is 4.44.